The molecule has 0 aliphatic carbocycles. The first-order valence-electron chi connectivity index (χ1n) is 9.59. The molecule has 1 amide bonds. The Hall–Kier alpha value is -2.55. The molecule has 1 fully saturated rings. The molecule has 1 unspecified atom stereocenters. The number of nitro groups is 1. The first-order chi connectivity index (χ1) is 14.3. The lowest BCUT2D eigenvalue weighted by Crippen LogP contribution is -2.37. The average Bonchev–Trinajstić information content (AvgIpc) is 3.35. The van der Waals surface area contributed by atoms with Crippen molar-refractivity contribution in [2.24, 2.45) is 0 Å². The molecule has 0 radical (unpaired) electrons. The van der Waals surface area contributed by atoms with Crippen molar-refractivity contribution in [3.63, 3.8) is 0 Å². The summed E-state index contributed by atoms with van der Waals surface area (Å²) in [4.78, 5) is 30.7. The number of carbonyl (C=O) groups excluding carboxylic acids is 1. The van der Waals surface area contributed by atoms with Gasteiger partial charge in [-0.2, -0.15) is 0 Å². The minimum absolute atomic E-state index is 0.0788. The monoisotopic (exact) mass is 445 g/mol. The number of benzene rings is 2. The standard InChI is InChI=1S/C21H20ClN3O4S/c1-12-9-14(22)10-18-19(12)23-21(30-18)24(11-15-5-4-8-29-15)20(26)16-6-3-7-17(13(16)2)25(27)28/h3,6-7,9-10,15H,4-5,8,11H2,1-2H3. The third kappa shape index (κ3) is 3.90. The molecule has 4 rings (SSSR count). The van der Waals surface area contributed by atoms with Gasteiger partial charge in [0.2, 0.25) is 0 Å². The lowest BCUT2D eigenvalue weighted by atomic mass is 10.1. The number of anilines is 1. The Kier molecular flexibility index (Phi) is 5.73. The molecule has 2 aromatic carbocycles. The highest BCUT2D eigenvalue weighted by Gasteiger charge is 2.29. The SMILES string of the molecule is Cc1c(C(=O)N(CC2CCCO2)c2nc3c(C)cc(Cl)cc3s2)cccc1[N+](=O)[O-]. The summed E-state index contributed by atoms with van der Waals surface area (Å²) in [7, 11) is 0. The summed E-state index contributed by atoms with van der Waals surface area (Å²) in [6, 6.07) is 8.22. The van der Waals surface area contributed by atoms with Gasteiger partial charge in [-0.3, -0.25) is 19.8 Å². The normalized spacial score (nSPS) is 16.2. The van der Waals surface area contributed by atoms with Gasteiger partial charge in [-0.1, -0.05) is 29.0 Å². The number of thiazole rings is 1. The van der Waals surface area contributed by atoms with Crippen molar-refractivity contribution in [3.05, 3.63) is 62.2 Å². The van der Waals surface area contributed by atoms with Crippen LogP contribution in [-0.2, 0) is 4.74 Å². The molecule has 0 bridgehead atoms. The number of nitro benzene ring substituents is 1. The van der Waals surface area contributed by atoms with Crippen molar-refractivity contribution in [2.45, 2.75) is 32.8 Å². The highest BCUT2D eigenvalue weighted by molar-refractivity contribution is 7.22. The van der Waals surface area contributed by atoms with Crippen molar-refractivity contribution in [1.82, 2.24) is 4.98 Å². The molecule has 1 aliphatic rings. The highest BCUT2D eigenvalue weighted by Crippen LogP contribution is 2.35. The number of hydrogen-bond acceptors (Lipinski definition) is 6. The summed E-state index contributed by atoms with van der Waals surface area (Å²) in [5.74, 6) is -0.325. The van der Waals surface area contributed by atoms with E-state index in [9.17, 15) is 14.9 Å². The van der Waals surface area contributed by atoms with E-state index >= 15 is 0 Å². The molecule has 30 heavy (non-hydrogen) atoms. The summed E-state index contributed by atoms with van der Waals surface area (Å²) < 4.78 is 6.64. The zero-order valence-corrected chi connectivity index (χ0v) is 18.1. The summed E-state index contributed by atoms with van der Waals surface area (Å²) in [5, 5.41) is 12.5. The number of ether oxygens (including phenoxy) is 1. The molecule has 7 nitrogen and oxygen atoms in total. The molecule has 1 aromatic heterocycles. The largest absolute Gasteiger partial charge is 0.376 e. The van der Waals surface area contributed by atoms with Crippen molar-refractivity contribution in [2.75, 3.05) is 18.1 Å². The smallest absolute Gasteiger partial charge is 0.273 e. The molecule has 2 heterocycles. The van der Waals surface area contributed by atoms with Crippen molar-refractivity contribution in [3.8, 4) is 0 Å². The molecule has 156 valence electrons. The number of halogens is 1. The molecule has 1 aliphatic heterocycles. The Bertz CT molecular complexity index is 1140. The lowest BCUT2D eigenvalue weighted by Gasteiger charge is -2.23. The minimum Gasteiger partial charge on any atom is -0.376 e. The van der Waals surface area contributed by atoms with E-state index in [1.54, 1.807) is 17.9 Å². The van der Waals surface area contributed by atoms with Crippen LogP contribution in [0.5, 0.6) is 0 Å². The number of nitrogens with zero attached hydrogens (tertiary/aromatic N) is 3. The van der Waals surface area contributed by atoms with Gasteiger partial charge in [0, 0.05) is 28.8 Å². The van der Waals surface area contributed by atoms with E-state index in [1.165, 1.54) is 23.5 Å². The quantitative estimate of drug-likeness (QED) is 0.393. The van der Waals surface area contributed by atoms with E-state index in [1.807, 2.05) is 19.1 Å². The maximum absolute atomic E-state index is 13.5. The average molecular weight is 446 g/mol. The van der Waals surface area contributed by atoms with Gasteiger partial charge in [-0.15, -0.1) is 0 Å². The Labute approximate surface area is 182 Å². The zero-order valence-electron chi connectivity index (χ0n) is 16.6. The fourth-order valence-electron chi connectivity index (χ4n) is 3.70. The summed E-state index contributed by atoms with van der Waals surface area (Å²) in [5.41, 5.74) is 2.27. The second kappa shape index (κ2) is 8.29. The van der Waals surface area contributed by atoms with Crippen LogP contribution in [0, 0.1) is 24.0 Å². The third-order valence-electron chi connectivity index (χ3n) is 5.26. The number of rotatable bonds is 5. The zero-order chi connectivity index (χ0) is 21.4. The van der Waals surface area contributed by atoms with Crippen LogP contribution in [-0.4, -0.2) is 35.1 Å². The van der Waals surface area contributed by atoms with Crippen LogP contribution < -0.4 is 4.90 Å². The van der Waals surface area contributed by atoms with Gasteiger partial charge in [-0.05, 0) is 50.5 Å². The Morgan fingerprint density at radius 1 is 1.40 bits per heavy atom. The van der Waals surface area contributed by atoms with E-state index in [4.69, 9.17) is 21.3 Å². The summed E-state index contributed by atoms with van der Waals surface area (Å²) in [6.07, 6.45) is 1.70. The Morgan fingerprint density at radius 3 is 2.90 bits per heavy atom. The maximum Gasteiger partial charge on any atom is 0.273 e. The van der Waals surface area contributed by atoms with E-state index in [-0.39, 0.29) is 23.3 Å². The fraction of sp³-hybridized carbons (Fsp3) is 0.333. The van der Waals surface area contributed by atoms with Gasteiger partial charge < -0.3 is 4.74 Å². The van der Waals surface area contributed by atoms with Gasteiger partial charge in [0.1, 0.15) is 0 Å². The second-order valence-corrected chi connectivity index (χ2v) is 8.77. The van der Waals surface area contributed by atoms with Crippen LogP contribution in [0.1, 0.15) is 34.3 Å². The molecule has 3 aromatic rings. The maximum atomic E-state index is 13.5. The van der Waals surface area contributed by atoms with Crippen LogP contribution in [0.2, 0.25) is 5.02 Å². The van der Waals surface area contributed by atoms with Gasteiger partial charge in [-0.25, -0.2) is 4.98 Å². The number of amides is 1. The predicted octanol–water partition coefficient (Wildman–Crippen LogP) is 5.30. The van der Waals surface area contributed by atoms with Crippen LogP contribution in [0.25, 0.3) is 10.2 Å². The molecule has 0 N–H and O–H groups in total. The first-order valence-corrected chi connectivity index (χ1v) is 10.8. The number of hydrogen-bond donors (Lipinski definition) is 0. The third-order valence-corrected chi connectivity index (χ3v) is 6.50. The minimum atomic E-state index is -0.473. The van der Waals surface area contributed by atoms with Gasteiger partial charge in [0.15, 0.2) is 5.13 Å². The van der Waals surface area contributed by atoms with Crippen LogP contribution in [0.15, 0.2) is 30.3 Å². The van der Waals surface area contributed by atoms with E-state index < -0.39 is 4.92 Å². The van der Waals surface area contributed by atoms with Crippen molar-refractivity contribution < 1.29 is 14.5 Å². The number of aryl methyl sites for hydroxylation is 1. The van der Waals surface area contributed by atoms with Crippen molar-refractivity contribution >= 4 is 49.9 Å². The topological polar surface area (TPSA) is 85.6 Å². The van der Waals surface area contributed by atoms with Gasteiger partial charge >= 0.3 is 0 Å². The predicted molar refractivity (Wildman–Crippen MR) is 118 cm³/mol. The molecule has 1 saturated heterocycles. The van der Waals surface area contributed by atoms with Crippen molar-refractivity contribution in [1.29, 1.82) is 0 Å². The first kappa shape index (κ1) is 20.7. The van der Waals surface area contributed by atoms with E-state index in [0.29, 0.717) is 28.9 Å². The van der Waals surface area contributed by atoms with Crippen LogP contribution in [0.4, 0.5) is 10.8 Å². The molecule has 1 atom stereocenters. The Balaban J connectivity index is 1.79. The Morgan fingerprint density at radius 2 is 2.20 bits per heavy atom. The summed E-state index contributed by atoms with van der Waals surface area (Å²) >= 11 is 7.57. The van der Waals surface area contributed by atoms with Crippen LogP contribution in [0.3, 0.4) is 0 Å². The fourth-order valence-corrected chi connectivity index (χ4v) is 5.12. The van der Waals surface area contributed by atoms with E-state index in [0.717, 1.165) is 28.6 Å². The van der Waals surface area contributed by atoms with E-state index in [2.05, 4.69) is 0 Å². The highest BCUT2D eigenvalue weighted by atomic mass is 35.5. The lowest BCUT2D eigenvalue weighted by molar-refractivity contribution is -0.385. The number of aromatic nitrogens is 1. The molecule has 9 heteroatoms. The van der Waals surface area contributed by atoms with Crippen LogP contribution >= 0.6 is 22.9 Å². The number of fused-ring (bicyclic) bond motifs is 1. The second-order valence-electron chi connectivity index (χ2n) is 7.32. The number of carbonyl (C=O) groups is 1. The van der Waals surface area contributed by atoms with Gasteiger partial charge in [0.25, 0.3) is 11.6 Å². The molecule has 0 saturated carbocycles. The van der Waals surface area contributed by atoms with Gasteiger partial charge in [0.05, 0.1) is 27.8 Å². The molecule has 0 spiro atoms. The molecular formula is C21H20ClN3O4S. The molecular weight excluding hydrogens is 426 g/mol. The summed E-state index contributed by atoms with van der Waals surface area (Å²) in [6.45, 7) is 4.53.